The van der Waals surface area contributed by atoms with Gasteiger partial charge < -0.3 is 10.2 Å². The van der Waals surface area contributed by atoms with Crippen molar-refractivity contribution in [2.24, 2.45) is 0 Å². The number of anilines is 1. The van der Waals surface area contributed by atoms with Crippen LogP contribution in [0.5, 0.6) is 0 Å². The van der Waals surface area contributed by atoms with Crippen LogP contribution in [0.2, 0.25) is 5.02 Å². The SMILES string of the molecule is C[C@@H]1CCC[C@H](C)N1Cc1ccc2cc(NC(=O)N3CCC(c4ccc(Cl)cc4)CC3)ccc2c1. The van der Waals surface area contributed by atoms with E-state index in [1.54, 1.807) is 0 Å². The normalized spacial score (nSPS) is 21.9. The molecular formula is C30H36ClN3O. The van der Waals surface area contributed by atoms with Gasteiger partial charge in [-0.15, -0.1) is 0 Å². The highest BCUT2D eigenvalue weighted by Gasteiger charge is 2.25. The summed E-state index contributed by atoms with van der Waals surface area (Å²) in [7, 11) is 0. The Labute approximate surface area is 214 Å². The lowest BCUT2D eigenvalue weighted by Crippen LogP contribution is -2.42. The number of likely N-dealkylation sites (tertiary alicyclic amines) is 2. The lowest BCUT2D eigenvalue weighted by molar-refractivity contribution is 0.0953. The molecular weight excluding hydrogens is 454 g/mol. The molecule has 2 aliphatic rings. The van der Waals surface area contributed by atoms with Crippen molar-refractivity contribution < 1.29 is 4.79 Å². The summed E-state index contributed by atoms with van der Waals surface area (Å²) in [5.74, 6) is 0.488. The predicted octanol–water partition coefficient (Wildman–Crippen LogP) is 7.67. The van der Waals surface area contributed by atoms with Crippen LogP contribution >= 0.6 is 11.6 Å². The summed E-state index contributed by atoms with van der Waals surface area (Å²) in [6.07, 6.45) is 5.87. The number of amides is 2. The average molecular weight is 490 g/mol. The second kappa shape index (κ2) is 10.6. The van der Waals surface area contributed by atoms with Gasteiger partial charge in [-0.25, -0.2) is 4.79 Å². The van der Waals surface area contributed by atoms with Crippen LogP contribution in [0, 0.1) is 0 Å². The summed E-state index contributed by atoms with van der Waals surface area (Å²) in [5, 5.41) is 6.27. The Hall–Kier alpha value is -2.56. The van der Waals surface area contributed by atoms with Crippen molar-refractivity contribution in [3.05, 3.63) is 76.8 Å². The summed E-state index contributed by atoms with van der Waals surface area (Å²) in [5.41, 5.74) is 3.53. The van der Waals surface area contributed by atoms with Gasteiger partial charge in [0, 0.05) is 42.4 Å². The standard InChI is InChI=1S/C30H36ClN3O/c1-21-4-3-5-22(2)34(21)20-23-6-7-27-19-29(13-10-26(27)18-23)32-30(35)33-16-14-25(15-17-33)24-8-11-28(31)12-9-24/h6-13,18-19,21-22,25H,3-5,14-17,20H2,1-2H3,(H,32,35)/t21-,22+. The number of urea groups is 1. The molecule has 0 aromatic heterocycles. The summed E-state index contributed by atoms with van der Waals surface area (Å²) >= 11 is 6.02. The van der Waals surface area contributed by atoms with Gasteiger partial charge in [0.2, 0.25) is 0 Å². The van der Waals surface area contributed by atoms with Gasteiger partial charge >= 0.3 is 6.03 Å². The second-order valence-corrected chi connectivity index (χ2v) is 10.9. The third kappa shape index (κ3) is 5.65. The number of rotatable bonds is 4. The molecule has 0 aliphatic carbocycles. The minimum absolute atomic E-state index is 0.0106. The smallest absolute Gasteiger partial charge is 0.321 e. The fraction of sp³-hybridized carbons (Fsp3) is 0.433. The molecule has 0 bridgehead atoms. The number of carbonyl (C=O) groups is 1. The van der Waals surface area contributed by atoms with E-state index < -0.39 is 0 Å². The van der Waals surface area contributed by atoms with Crippen molar-refractivity contribution in [1.29, 1.82) is 0 Å². The molecule has 0 unspecified atom stereocenters. The number of halogens is 1. The van der Waals surface area contributed by atoms with Crippen LogP contribution in [0.3, 0.4) is 0 Å². The molecule has 5 rings (SSSR count). The van der Waals surface area contributed by atoms with Crippen LogP contribution in [0.15, 0.2) is 60.7 Å². The Morgan fingerprint density at radius 1 is 0.886 bits per heavy atom. The van der Waals surface area contributed by atoms with Crippen LogP contribution in [0.4, 0.5) is 10.5 Å². The molecule has 2 amide bonds. The molecule has 2 atom stereocenters. The number of hydrogen-bond acceptors (Lipinski definition) is 2. The third-order valence-corrected chi connectivity index (χ3v) is 8.27. The van der Waals surface area contributed by atoms with Crippen LogP contribution in [-0.4, -0.2) is 41.0 Å². The highest BCUT2D eigenvalue weighted by atomic mass is 35.5. The van der Waals surface area contributed by atoms with E-state index in [4.69, 9.17) is 11.6 Å². The molecule has 35 heavy (non-hydrogen) atoms. The first-order valence-electron chi connectivity index (χ1n) is 13.1. The minimum atomic E-state index is -0.0106. The van der Waals surface area contributed by atoms with Crippen molar-refractivity contribution in [2.75, 3.05) is 18.4 Å². The average Bonchev–Trinajstić information content (AvgIpc) is 2.87. The zero-order chi connectivity index (χ0) is 24.4. The molecule has 0 saturated carbocycles. The lowest BCUT2D eigenvalue weighted by atomic mass is 9.89. The number of nitrogens with one attached hydrogen (secondary N) is 1. The van der Waals surface area contributed by atoms with E-state index in [1.165, 1.54) is 35.8 Å². The summed E-state index contributed by atoms with van der Waals surface area (Å²) < 4.78 is 0. The molecule has 3 aromatic rings. The first-order valence-corrected chi connectivity index (χ1v) is 13.4. The maximum Gasteiger partial charge on any atom is 0.321 e. The first-order chi connectivity index (χ1) is 17.0. The lowest BCUT2D eigenvalue weighted by Gasteiger charge is -2.39. The van der Waals surface area contributed by atoms with E-state index in [-0.39, 0.29) is 6.03 Å². The van der Waals surface area contributed by atoms with Crippen molar-refractivity contribution >= 4 is 34.1 Å². The molecule has 2 saturated heterocycles. The summed E-state index contributed by atoms with van der Waals surface area (Å²) in [6, 6.07) is 22.4. The van der Waals surface area contributed by atoms with E-state index >= 15 is 0 Å². The minimum Gasteiger partial charge on any atom is -0.324 e. The zero-order valence-electron chi connectivity index (χ0n) is 20.8. The molecule has 3 aromatic carbocycles. The van der Waals surface area contributed by atoms with Gasteiger partial charge in [-0.3, -0.25) is 4.90 Å². The maximum atomic E-state index is 12.9. The monoisotopic (exact) mass is 489 g/mol. The topological polar surface area (TPSA) is 35.6 Å². The number of carbonyl (C=O) groups excluding carboxylic acids is 1. The van der Waals surface area contributed by atoms with Gasteiger partial charge in [0.15, 0.2) is 0 Å². The second-order valence-electron chi connectivity index (χ2n) is 10.4. The van der Waals surface area contributed by atoms with Gasteiger partial charge in [0.05, 0.1) is 0 Å². The number of hydrogen-bond donors (Lipinski definition) is 1. The largest absolute Gasteiger partial charge is 0.324 e. The molecule has 0 spiro atoms. The van der Waals surface area contributed by atoms with Gasteiger partial charge in [-0.2, -0.15) is 0 Å². The van der Waals surface area contributed by atoms with Crippen LogP contribution < -0.4 is 5.32 Å². The van der Waals surface area contributed by atoms with Crippen molar-refractivity contribution in [1.82, 2.24) is 9.80 Å². The number of fused-ring (bicyclic) bond motifs is 1. The molecule has 0 radical (unpaired) electrons. The number of piperidine rings is 2. The van der Waals surface area contributed by atoms with E-state index in [9.17, 15) is 4.79 Å². The Morgan fingerprint density at radius 2 is 1.54 bits per heavy atom. The zero-order valence-corrected chi connectivity index (χ0v) is 21.6. The highest BCUT2D eigenvalue weighted by molar-refractivity contribution is 6.30. The highest BCUT2D eigenvalue weighted by Crippen LogP contribution is 2.30. The Kier molecular flexibility index (Phi) is 7.31. The van der Waals surface area contributed by atoms with Gasteiger partial charge in [0.25, 0.3) is 0 Å². The molecule has 2 fully saturated rings. The number of benzene rings is 3. The molecule has 4 nitrogen and oxygen atoms in total. The van der Waals surface area contributed by atoms with Gasteiger partial charge in [-0.1, -0.05) is 48.4 Å². The molecule has 184 valence electrons. The molecule has 2 aliphatic heterocycles. The molecule has 1 N–H and O–H groups in total. The van der Waals surface area contributed by atoms with E-state index in [0.717, 1.165) is 48.6 Å². The Bertz CT molecular complexity index is 1160. The van der Waals surface area contributed by atoms with Gasteiger partial charge in [-0.05, 0) is 97.7 Å². The Balaban J connectivity index is 1.19. The number of nitrogens with zero attached hydrogens (tertiary/aromatic N) is 2. The molecule has 2 heterocycles. The van der Waals surface area contributed by atoms with Crippen molar-refractivity contribution in [3.8, 4) is 0 Å². The van der Waals surface area contributed by atoms with E-state index in [1.807, 2.05) is 23.1 Å². The van der Waals surface area contributed by atoms with Gasteiger partial charge in [0.1, 0.15) is 0 Å². The van der Waals surface area contributed by atoms with E-state index in [2.05, 4.69) is 66.5 Å². The van der Waals surface area contributed by atoms with Crippen molar-refractivity contribution in [3.63, 3.8) is 0 Å². The summed E-state index contributed by atoms with van der Waals surface area (Å²) in [4.78, 5) is 17.5. The summed E-state index contributed by atoms with van der Waals surface area (Å²) in [6.45, 7) is 7.24. The van der Waals surface area contributed by atoms with Crippen LogP contribution in [0.1, 0.15) is 63.0 Å². The quantitative estimate of drug-likeness (QED) is 0.408. The Morgan fingerprint density at radius 3 is 2.26 bits per heavy atom. The maximum absolute atomic E-state index is 12.9. The first kappa shape index (κ1) is 24.1. The fourth-order valence-electron chi connectivity index (χ4n) is 5.82. The van der Waals surface area contributed by atoms with Crippen molar-refractivity contribution in [2.45, 2.75) is 70.5 Å². The fourth-order valence-corrected chi connectivity index (χ4v) is 5.95. The predicted molar refractivity (Wildman–Crippen MR) is 146 cm³/mol. The van der Waals surface area contributed by atoms with Crippen LogP contribution in [0.25, 0.3) is 10.8 Å². The van der Waals surface area contributed by atoms with E-state index in [0.29, 0.717) is 18.0 Å². The van der Waals surface area contributed by atoms with Crippen LogP contribution in [-0.2, 0) is 6.54 Å². The molecule has 5 heteroatoms. The third-order valence-electron chi connectivity index (χ3n) is 8.02.